The highest BCUT2D eigenvalue weighted by molar-refractivity contribution is 6.30. The topological polar surface area (TPSA) is 72.9 Å². The van der Waals surface area contributed by atoms with Crippen molar-refractivity contribution in [3.63, 3.8) is 0 Å². The summed E-state index contributed by atoms with van der Waals surface area (Å²) in [5.41, 5.74) is 1.14. The molecule has 8 heteroatoms. The summed E-state index contributed by atoms with van der Waals surface area (Å²) in [6.45, 7) is 0. The zero-order valence-corrected chi connectivity index (χ0v) is 19.2. The minimum absolute atomic E-state index is 0.272. The maximum atomic E-state index is 14.0. The predicted octanol–water partition coefficient (Wildman–Crippen LogP) is 4.41. The number of halogens is 2. The average molecular weight is 475 g/mol. The van der Waals surface area contributed by atoms with Crippen molar-refractivity contribution in [2.45, 2.75) is 5.60 Å². The molecule has 3 aromatic heterocycles. The highest BCUT2D eigenvalue weighted by atomic mass is 35.5. The molecule has 5 rings (SSSR count). The third-order valence-corrected chi connectivity index (χ3v) is 6.33. The number of hydrogen-bond acceptors (Lipinski definition) is 4. The van der Waals surface area contributed by atoms with E-state index in [1.807, 2.05) is 0 Å². The van der Waals surface area contributed by atoms with Crippen LogP contribution in [-0.2, 0) is 19.7 Å². The fraction of sp³-hybridized carbons (Fsp3) is 0.115. The van der Waals surface area contributed by atoms with Gasteiger partial charge in [0.15, 0.2) is 5.60 Å². The predicted molar refractivity (Wildman–Crippen MR) is 129 cm³/mol. The number of benzene rings is 2. The number of aromatic nitrogens is 4. The second kappa shape index (κ2) is 8.20. The summed E-state index contributed by atoms with van der Waals surface area (Å²) in [7, 11) is 3.42. The van der Waals surface area contributed by atoms with Crippen molar-refractivity contribution >= 4 is 22.6 Å². The Morgan fingerprint density at radius 3 is 2.44 bits per heavy atom. The van der Waals surface area contributed by atoms with Gasteiger partial charge in [0.2, 0.25) is 0 Å². The van der Waals surface area contributed by atoms with Crippen LogP contribution in [0.5, 0.6) is 0 Å². The molecule has 0 spiro atoms. The van der Waals surface area contributed by atoms with Gasteiger partial charge in [0, 0.05) is 42.3 Å². The molecule has 1 N–H and O–H groups in total. The highest BCUT2D eigenvalue weighted by Crippen LogP contribution is 2.38. The van der Waals surface area contributed by atoms with Gasteiger partial charge in [-0.3, -0.25) is 9.36 Å². The zero-order valence-electron chi connectivity index (χ0n) is 18.4. The molecule has 5 aromatic rings. The van der Waals surface area contributed by atoms with Crippen molar-refractivity contribution in [1.29, 1.82) is 0 Å². The summed E-state index contributed by atoms with van der Waals surface area (Å²) in [5, 5.41) is 13.3. The number of nitrogens with zero attached hydrogens (tertiary/aromatic N) is 4. The molecule has 0 aliphatic heterocycles. The van der Waals surface area contributed by atoms with Crippen LogP contribution in [0.1, 0.15) is 16.8 Å². The summed E-state index contributed by atoms with van der Waals surface area (Å²) < 4.78 is 17.2. The van der Waals surface area contributed by atoms with Crippen LogP contribution in [0.2, 0.25) is 5.02 Å². The largest absolute Gasteiger partial charge is 0.374 e. The minimum atomic E-state index is -1.62. The van der Waals surface area contributed by atoms with Gasteiger partial charge in [0.1, 0.15) is 11.5 Å². The van der Waals surface area contributed by atoms with Crippen molar-refractivity contribution in [1.82, 2.24) is 19.1 Å². The Morgan fingerprint density at radius 2 is 1.76 bits per heavy atom. The number of imidazole rings is 1. The van der Waals surface area contributed by atoms with E-state index in [-0.39, 0.29) is 5.56 Å². The molecule has 1 atom stereocenters. The van der Waals surface area contributed by atoms with Crippen LogP contribution in [0.3, 0.4) is 0 Å². The lowest BCUT2D eigenvalue weighted by Gasteiger charge is -2.30. The van der Waals surface area contributed by atoms with Crippen molar-refractivity contribution in [2.75, 3.05) is 0 Å². The Balaban J connectivity index is 1.84. The van der Waals surface area contributed by atoms with Gasteiger partial charge in [-0.1, -0.05) is 35.9 Å². The molecule has 0 radical (unpaired) electrons. The average Bonchev–Trinajstić information content (AvgIpc) is 3.27. The van der Waals surface area contributed by atoms with Gasteiger partial charge < -0.3 is 9.67 Å². The molecule has 34 heavy (non-hydrogen) atoms. The van der Waals surface area contributed by atoms with Crippen LogP contribution >= 0.6 is 11.6 Å². The number of pyridine rings is 2. The third kappa shape index (κ3) is 3.50. The van der Waals surface area contributed by atoms with Crippen LogP contribution in [0.25, 0.3) is 22.2 Å². The van der Waals surface area contributed by atoms with Crippen LogP contribution in [0, 0.1) is 5.82 Å². The zero-order chi connectivity index (χ0) is 24.0. The quantitative estimate of drug-likeness (QED) is 0.419. The molecule has 0 aliphatic carbocycles. The summed E-state index contributed by atoms with van der Waals surface area (Å²) in [6.07, 6.45) is 4.73. The SMILES string of the molecule is Cn1cncc1C(O)(c1ccc(Cl)cc1)c1cnc2c(c1)c(-c1cccc(F)c1)cc(=O)n2C. The van der Waals surface area contributed by atoms with E-state index in [9.17, 15) is 14.3 Å². The molecular formula is C26H20ClFN4O2. The van der Waals surface area contributed by atoms with Crippen molar-refractivity contribution < 1.29 is 9.50 Å². The fourth-order valence-corrected chi connectivity index (χ4v) is 4.40. The molecular weight excluding hydrogens is 455 g/mol. The lowest BCUT2D eigenvalue weighted by Crippen LogP contribution is -2.31. The first kappa shape index (κ1) is 22.0. The molecule has 170 valence electrons. The number of aliphatic hydroxyl groups is 1. The van der Waals surface area contributed by atoms with E-state index in [1.54, 1.807) is 79.8 Å². The summed E-state index contributed by atoms with van der Waals surface area (Å²) in [6, 6.07) is 16.2. The second-order valence-corrected chi connectivity index (χ2v) is 8.60. The van der Waals surface area contributed by atoms with Crippen molar-refractivity contribution in [3.8, 4) is 11.1 Å². The Morgan fingerprint density at radius 1 is 1.00 bits per heavy atom. The Hall–Kier alpha value is -3.81. The second-order valence-electron chi connectivity index (χ2n) is 8.17. The van der Waals surface area contributed by atoms with Gasteiger partial charge in [0.25, 0.3) is 5.56 Å². The molecule has 0 saturated heterocycles. The first-order valence-electron chi connectivity index (χ1n) is 10.5. The molecule has 6 nitrogen and oxygen atoms in total. The van der Waals surface area contributed by atoms with Gasteiger partial charge in [-0.2, -0.15) is 0 Å². The van der Waals surface area contributed by atoms with E-state index in [0.717, 1.165) is 0 Å². The monoisotopic (exact) mass is 474 g/mol. The van der Waals surface area contributed by atoms with Gasteiger partial charge in [0.05, 0.1) is 18.2 Å². The lowest BCUT2D eigenvalue weighted by atomic mass is 9.83. The van der Waals surface area contributed by atoms with Crippen molar-refractivity contribution in [3.05, 3.63) is 117 Å². The van der Waals surface area contributed by atoms with E-state index >= 15 is 0 Å². The molecule has 0 amide bonds. The number of fused-ring (bicyclic) bond motifs is 1. The number of hydrogen-bond donors (Lipinski definition) is 1. The maximum Gasteiger partial charge on any atom is 0.252 e. The first-order valence-corrected chi connectivity index (χ1v) is 10.9. The van der Waals surface area contributed by atoms with Crippen LogP contribution in [0.4, 0.5) is 4.39 Å². The Labute approximate surface area is 199 Å². The molecule has 1 unspecified atom stereocenters. The molecule has 0 bridgehead atoms. The molecule has 2 aromatic carbocycles. The Bertz CT molecular complexity index is 1590. The Kier molecular flexibility index (Phi) is 5.31. The van der Waals surface area contributed by atoms with Gasteiger partial charge in [-0.15, -0.1) is 0 Å². The number of rotatable bonds is 4. The van der Waals surface area contributed by atoms with Crippen molar-refractivity contribution in [2.24, 2.45) is 14.1 Å². The van der Waals surface area contributed by atoms with Crippen LogP contribution in [0.15, 0.2) is 84.2 Å². The minimum Gasteiger partial charge on any atom is -0.374 e. The molecule has 0 fully saturated rings. The maximum absolute atomic E-state index is 14.0. The van der Waals surface area contributed by atoms with E-state index in [2.05, 4.69) is 9.97 Å². The third-order valence-electron chi connectivity index (χ3n) is 6.08. The summed E-state index contributed by atoms with van der Waals surface area (Å²) in [5.74, 6) is -0.414. The number of aryl methyl sites for hydroxylation is 2. The van der Waals surface area contributed by atoms with E-state index in [4.69, 9.17) is 11.6 Å². The van der Waals surface area contributed by atoms with E-state index in [0.29, 0.717) is 44.0 Å². The standard InChI is InChI=1S/C26H20ClFN4O2/c1-31-15-29-14-23(31)26(34,17-6-8-19(27)9-7-17)18-11-22-21(16-4-3-5-20(28)10-16)12-24(33)32(2)25(22)30-13-18/h3-15,34H,1-2H3. The van der Waals surface area contributed by atoms with Gasteiger partial charge >= 0.3 is 0 Å². The normalized spacial score (nSPS) is 13.2. The summed E-state index contributed by atoms with van der Waals surface area (Å²) >= 11 is 6.10. The first-order chi connectivity index (χ1) is 16.3. The van der Waals surface area contributed by atoms with Crippen LogP contribution in [-0.4, -0.2) is 24.2 Å². The smallest absolute Gasteiger partial charge is 0.252 e. The van der Waals surface area contributed by atoms with Gasteiger partial charge in [-0.25, -0.2) is 14.4 Å². The molecule has 0 saturated carbocycles. The molecule has 3 heterocycles. The van der Waals surface area contributed by atoms with E-state index < -0.39 is 11.4 Å². The van der Waals surface area contributed by atoms with E-state index in [1.165, 1.54) is 22.8 Å². The fourth-order valence-electron chi connectivity index (χ4n) is 4.28. The summed E-state index contributed by atoms with van der Waals surface area (Å²) in [4.78, 5) is 21.4. The highest BCUT2D eigenvalue weighted by Gasteiger charge is 2.37. The van der Waals surface area contributed by atoms with Gasteiger partial charge in [-0.05, 0) is 47.0 Å². The lowest BCUT2D eigenvalue weighted by molar-refractivity contribution is 0.117. The molecule has 0 aliphatic rings. The van der Waals surface area contributed by atoms with Crippen LogP contribution < -0.4 is 5.56 Å².